The Morgan fingerprint density at radius 1 is 0.434 bits per heavy atom. The van der Waals surface area contributed by atoms with Crippen molar-refractivity contribution in [3.63, 3.8) is 0 Å². The lowest BCUT2D eigenvalue weighted by atomic mass is 9.91. The molecule has 5 aliphatic heterocycles. The Bertz CT molecular complexity index is 4660. The third-order valence-electron chi connectivity index (χ3n) is 19.0. The molecule has 5 unspecified atom stereocenters. The van der Waals surface area contributed by atoms with E-state index in [0.717, 1.165) is 79.8 Å². The number of halogens is 10. The van der Waals surface area contributed by atoms with Gasteiger partial charge >= 0.3 is 36.0 Å². The number of benzene rings is 7. The molecule has 29 nitrogen and oxygen atoms in total. The van der Waals surface area contributed by atoms with E-state index in [2.05, 4.69) is 21.3 Å². The molecule has 0 spiro atoms. The highest BCUT2D eigenvalue weighted by Crippen LogP contribution is 2.40. The van der Waals surface area contributed by atoms with Crippen LogP contribution in [0, 0.1) is 0 Å². The van der Waals surface area contributed by atoms with E-state index >= 15 is 0 Å². The minimum atomic E-state index is -5.08. The van der Waals surface area contributed by atoms with Crippen molar-refractivity contribution in [3.8, 4) is 40.2 Å². The van der Waals surface area contributed by atoms with Crippen LogP contribution >= 0.6 is 81.2 Å². The molecule has 9 N–H and O–H groups in total. The third-order valence-corrected chi connectivity index (χ3v) is 20.7. The molecular formula is C83H101Cl7F3N9O20. The number of esters is 2. The summed E-state index contributed by atoms with van der Waals surface area (Å²) in [6.07, 6.45) is -1.42. The largest absolute Gasteiger partial charge is 0.490 e. The fourth-order valence-corrected chi connectivity index (χ4v) is 13.9. The number of nitrogens with zero attached hydrogens (tertiary/aromatic N) is 4. The number of carboxylic acid groups (broad SMARTS) is 3. The molecule has 2 fully saturated rings. The molecule has 122 heavy (non-hydrogen) atoms. The van der Waals surface area contributed by atoms with Gasteiger partial charge in [0.1, 0.15) is 40.2 Å². The maximum Gasteiger partial charge on any atom is 0.490 e. The lowest BCUT2D eigenvalue weighted by Crippen LogP contribution is -2.52. The van der Waals surface area contributed by atoms with Crippen LogP contribution in [0.2, 0.25) is 35.2 Å². The van der Waals surface area contributed by atoms with Crippen LogP contribution in [0.25, 0.3) is 0 Å². The molecule has 7 aliphatic rings. The van der Waals surface area contributed by atoms with Crippen molar-refractivity contribution >= 4 is 157 Å². The van der Waals surface area contributed by atoms with Crippen LogP contribution in [0.4, 0.5) is 41.6 Å². The Morgan fingerprint density at radius 3 is 1.09 bits per heavy atom. The highest BCUT2D eigenvalue weighted by molar-refractivity contribution is 6.33. The lowest BCUT2D eigenvalue weighted by molar-refractivity contribution is -0.192. The highest BCUT2D eigenvalue weighted by Gasteiger charge is 2.39. The van der Waals surface area contributed by atoms with Crippen LogP contribution in [-0.2, 0) is 47.8 Å². The van der Waals surface area contributed by atoms with E-state index in [4.69, 9.17) is 150 Å². The van der Waals surface area contributed by atoms with Gasteiger partial charge in [0.25, 0.3) is 17.7 Å². The van der Waals surface area contributed by atoms with Crippen molar-refractivity contribution in [2.24, 2.45) is 5.73 Å². The molecule has 0 aromatic heterocycles. The van der Waals surface area contributed by atoms with E-state index in [-0.39, 0.29) is 66.7 Å². The smallest absolute Gasteiger partial charge is 0.484 e. The topological polar surface area (TPSA) is 367 Å². The summed E-state index contributed by atoms with van der Waals surface area (Å²) in [7, 11) is 7.44. The number of carboxylic acids is 3. The van der Waals surface area contributed by atoms with Gasteiger partial charge in [-0.15, -0.1) is 0 Å². The standard InChI is InChI=1S/C24H27Cl2N3O4.C14H19ClN2O2.C12H14ClNO3.C11H12ClNO3.2C10H10ClNO3.C2HF3O2.4H2/c1-29-13-22(33-21-11-4-16(26)12-20(21)29)24(31)28-18-7-5-17(6-8-18)27-23(30)14-32-19-9-2-15(25)3-10-19;15-10-1-7-13(8-2-10)19-9-14(18)17-12-5-3-11(16)4-6-12;1-3-16-12(15)11-7-14(2)9-6-8(13)4-5-10(9)17-11;1-2-15-11(14)10-6-13-8-5-7(12)3-4-9(8)16-10;2*1-12-5-9(10(13)14)15-8-3-2-6(11)4-7(8)12;3-2(4,5)1(6)7;;;;/h2-4,9-12,17-18,22H,5-8,13-14H2,1H3,(H,27,30)(H,28,31);1-2,7-8,11-12H,3-6,9,16H2,(H,17,18);4-6,11H,3,7H2,1-2H3;3-5,10,13H,2,6H2,1H3;2*2-4,9H,5H2,1H3,(H,13,14);(H,6,7);4*1H. The summed E-state index contributed by atoms with van der Waals surface area (Å²) in [4.78, 5) is 97.9. The van der Waals surface area contributed by atoms with Gasteiger partial charge in [0.05, 0.1) is 74.4 Å². The van der Waals surface area contributed by atoms with Crippen LogP contribution in [0.3, 0.4) is 0 Å². The fraction of sp³-hybridized carbons (Fsp3) is 0.398. The Morgan fingerprint density at radius 2 is 0.730 bits per heavy atom. The number of nitrogens with two attached hydrogens (primary N) is 1. The maximum absolute atomic E-state index is 12.8. The molecule has 5 heterocycles. The molecule has 0 bridgehead atoms. The van der Waals surface area contributed by atoms with Gasteiger partial charge in [-0.2, -0.15) is 13.2 Å². The van der Waals surface area contributed by atoms with Crippen LogP contribution in [-0.4, -0.2) is 211 Å². The van der Waals surface area contributed by atoms with Gasteiger partial charge in [0.15, 0.2) is 19.3 Å². The molecular weight excluding hydrogens is 1750 g/mol. The van der Waals surface area contributed by atoms with Crippen molar-refractivity contribution in [1.82, 2.24) is 16.0 Å². The number of rotatable bonds is 16. The van der Waals surface area contributed by atoms with Gasteiger partial charge in [-0.25, -0.2) is 24.0 Å². The van der Waals surface area contributed by atoms with Crippen molar-refractivity contribution in [1.29, 1.82) is 0 Å². The molecule has 5 atom stereocenters. The quantitative estimate of drug-likeness (QED) is 0.0417. The van der Waals surface area contributed by atoms with Gasteiger partial charge in [0.2, 0.25) is 24.4 Å². The second kappa shape index (κ2) is 46.8. The molecule has 0 saturated heterocycles. The first-order chi connectivity index (χ1) is 57.9. The van der Waals surface area contributed by atoms with Gasteiger partial charge in [-0.1, -0.05) is 81.2 Å². The zero-order valence-electron chi connectivity index (χ0n) is 66.9. The summed E-state index contributed by atoms with van der Waals surface area (Å²) in [6.45, 7) is 6.20. The maximum atomic E-state index is 12.8. The van der Waals surface area contributed by atoms with Crippen LogP contribution in [0.5, 0.6) is 40.2 Å². The minimum absolute atomic E-state index is 0. The van der Waals surface area contributed by atoms with Gasteiger partial charge in [0, 0.05) is 93.2 Å². The first-order valence-electron chi connectivity index (χ1n) is 38.3. The molecule has 2 aliphatic carbocycles. The van der Waals surface area contributed by atoms with Crippen molar-refractivity contribution in [2.75, 3.05) is 112 Å². The Hall–Kier alpha value is -10.3. The first kappa shape index (κ1) is 97.1. The fourth-order valence-electron chi connectivity index (χ4n) is 12.8. The van der Waals surface area contributed by atoms with Crippen LogP contribution in [0.15, 0.2) is 140 Å². The average molecular weight is 1850 g/mol. The van der Waals surface area contributed by atoms with E-state index in [1.165, 1.54) is 0 Å². The number of nitrogens with one attached hydrogen (secondary N) is 4. The van der Waals surface area contributed by atoms with E-state index in [1.807, 2.05) is 59.9 Å². The molecule has 3 amide bonds. The number of carbonyl (C=O) groups is 8. The Labute approximate surface area is 743 Å². The van der Waals surface area contributed by atoms with Gasteiger partial charge in [-0.3, -0.25) is 14.4 Å². The Kier molecular flexibility index (Phi) is 37.3. The van der Waals surface area contributed by atoms with Crippen molar-refractivity contribution in [2.45, 2.75) is 126 Å². The number of aliphatic carboxylic acids is 3. The number of carbonyl (C=O) groups excluding carboxylic acids is 5. The van der Waals surface area contributed by atoms with E-state index in [9.17, 15) is 46.7 Å². The number of fused-ring (bicyclic) bond motifs is 5. The number of alkyl halides is 3. The lowest BCUT2D eigenvalue weighted by Gasteiger charge is -2.35. The number of hydrogen-bond donors (Lipinski definition) is 8. The number of likely N-dealkylation sites (N-methyl/N-ethyl adjacent to an activating group) is 4. The minimum Gasteiger partial charge on any atom is -0.484 e. The third kappa shape index (κ3) is 30.6. The summed E-state index contributed by atoms with van der Waals surface area (Å²) < 4.78 is 80.1. The molecule has 7 aromatic rings. The highest BCUT2D eigenvalue weighted by atomic mass is 35.5. The first-order valence-corrected chi connectivity index (χ1v) is 41.0. The van der Waals surface area contributed by atoms with E-state index in [1.54, 1.807) is 141 Å². The Balaban J connectivity index is 0.000000318. The average Bonchev–Trinajstić information content (AvgIpc) is 0.815. The molecule has 0 radical (unpaired) electrons. The zero-order chi connectivity index (χ0) is 89.1. The number of hydrogen-bond acceptors (Lipinski definition) is 23. The summed E-state index contributed by atoms with van der Waals surface area (Å²) in [5.74, 6) is -1.44. The summed E-state index contributed by atoms with van der Waals surface area (Å²) in [5.41, 5.74) is 10.0. The summed E-state index contributed by atoms with van der Waals surface area (Å²) in [6, 6.07) is 40.7. The van der Waals surface area contributed by atoms with E-state index < -0.39 is 54.6 Å². The predicted molar refractivity (Wildman–Crippen MR) is 466 cm³/mol. The van der Waals surface area contributed by atoms with Crippen molar-refractivity contribution < 1.29 is 115 Å². The van der Waals surface area contributed by atoms with Crippen LogP contribution < -0.4 is 79.8 Å². The van der Waals surface area contributed by atoms with E-state index in [0.29, 0.717) is 127 Å². The normalized spacial score (nSPS) is 19.8. The monoisotopic (exact) mass is 1850 g/mol. The summed E-state index contributed by atoms with van der Waals surface area (Å²) in [5, 5.41) is 41.4. The second-order valence-corrected chi connectivity index (χ2v) is 31.4. The number of amides is 3. The van der Waals surface area contributed by atoms with Gasteiger partial charge in [-0.05, 0) is 205 Å². The SMILES string of the molecule is CCOC(=O)C1CN(C)c2cc(Cl)ccc2O1.CCOC(=O)C1CNc2cc(Cl)ccc2O1.CN1CC(C(=O)NC2CCC(NC(=O)COc3ccc(Cl)cc3)CC2)Oc2ccc(Cl)cc21.CN1CC(C(=O)O)Oc2ccc(Cl)cc21.CN1CC(C(=O)O)Oc2ccc(Cl)cc21.NC1CCC(NC(=O)COc2ccc(Cl)cc2)CC1.O=C(O)C(F)(F)F.[HH].[HH].[HH].[HH]. The second-order valence-electron chi connectivity index (χ2n) is 28.3. The molecule has 668 valence electrons. The molecule has 7 aromatic carbocycles. The number of ether oxygens (including phenoxy) is 9. The molecule has 2 saturated carbocycles. The molecule has 14 rings (SSSR count). The molecule has 39 heteroatoms. The van der Waals surface area contributed by atoms with Crippen molar-refractivity contribution in [3.05, 3.63) is 175 Å². The predicted octanol–water partition coefficient (Wildman–Crippen LogP) is 15.0. The van der Waals surface area contributed by atoms with Crippen LogP contribution in [0.1, 0.15) is 70.9 Å². The summed E-state index contributed by atoms with van der Waals surface area (Å²) >= 11 is 41.1. The number of anilines is 5. The zero-order valence-corrected chi connectivity index (χ0v) is 72.2. The van der Waals surface area contributed by atoms with Gasteiger partial charge < -0.3 is 105 Å².